The van der Waals surface area contributed by atoms with Crippen LogP contribution in [-0.2, 0) is 4.74 Å². The zero-order valence-electron chi connectivity index (χ0n) is 7.82. The van der Waals surface area contributed by atoms with Gasteiger partial charge in [-0.15, -0.1) is 0 Å². The van der Waals surface area contributed by atoms with Gasteiger partial charge in [-0.2, -0.15) is 0 Å². The summed E-state index contributed by atoms with van der Waals surface area (Å²) in [5, 5.41) is 11.0. The number of nitrogens with zero attached hydrogens (tertiary/aromatic N) is 1. The van der Waals surface area contributed by atoms with E-state index in [-0.39, 0.29) is 18.7 Å². The fourth-order valence-corrected chi connectivity index (χ4v) is 1.18. The molecule has 1 saturated heterocycles. The molecule has 2 amide bonds. The lowest BCUT2D eigenvalue weighted by atomic mass is 10.2. The van der Waals surface area contributed by atoms with Crippen LogP contribution in [0.2, 0.25) is 0 Å². The lowest BCUT2D eigenvalue weighted by Crippen LogP contribution is -2.57. The molecule has 2 N–H and O–H groups in total. The Hall–Kier alpha value is -0.810. The van der Waals surface area contributed by atoms with Gasteiger partial charge in [-0.05, 0) is 6.42 Å². The maximum Gasteiger partial charge on any atom is 0.317 e. The number of hydrogen-bond acceptors (Lipinski definition) is 3. The number of aliphatic hydroxyl groups is 1. The summed E-state index contributed by atoms with van der Waals surface area (Å²) >= 11 is 0. The normalized spacial score (nSPS) is 16.9. The highest BCUT2D eigenvalue weighted by molar-refractivity contribution is 5.74. The van der Waals surface area contributed by atoms with Crippen LogP contribution >= 0.6 is 0 Å². The van der Waals surface area contributed by atoms with Crippen molar-refractivity contribution >= 4 is 6.03 Å². The van der Waals surface area contributed by atoms with Gasteiger partial charge < -0.3 is 20.1 Å². The van der Waals surface area contributed by atoms with E-state index in [4.69, 9.17) is 9.84 Å². The lowest BCUT2D eigenvalue weighted by Gasteiger charge is -2.38. The average Bonchev–Trinajstić information content (AvgIpc) is 2.08. The number of hydrogen-bond donors (Lipinski definition) is 2. The van der Waals surface area contributed by atoms with E-state index in [1.165, 1.54) is 0 Å². The van der Waals surface area contributed by atoms with Crippen LogP contribution in [0.1, 0.15) is 6.42 Å². The summed E-state index contributed by atoms with van der Waals surface area (Å²) in [5.74, 6) is 0. The number of carbonyl (C=O) groups excluding carboxylic acids is 1. The molecule has 0 aliphatic carbocycles. The van der Waals surface area contributed by atoms with Crippen LogP contribution in [0.5, 0.6) is 0 Å². The number of ether oxygens (including phenoxy) is 1. The Morgan fingerprint density at radius 3 is 2.92 bits per heavy atom. The summed E-state index contributed by atoms with van der Waals surface area (Å²) in [5.41, 5.74) is 0. The molecule has 0 spiro atoms. The summed E-state index contributed by atoms with van der Waals surface area (Å²) in [6.45, 7) is 2.05. The number of rotatable bonds is 4. The van der Waals surface area contributed by atoms with Gasteiger partial charge in [0.1, 0.15) is 0 Å². The minimum atomic E-state index is -0.0537. The zero-order valence-corrected chi connectivity index (χ0v) is 7.82. The van der Waals surface area contributed by atoms with Crippen molar-refractivity contribution in [2.75, 3.05) is 33.4 Å². The van der Waals surface area contributed by atoms with E-state index < -0.39 is 0 Å². The molecule has 0 aromatic heterocycles. The van der Waals surface area contributed by atoms with Gasteiger partial charge in [0.2, 0.25) is 0 Å². The fraction of sp³-hybridized carbons (Fsp3) is 0.875. The Morgan fingerprint density at radius 1 is 1.69 bits per heavy atom. The van der Waals surface area contributed by atoms with Crippen molar-refractivity contribution < 1.29 is 14.6 Å². The second-order valence-corrected chi connectivity index (χ2v) is 3.03. The highest BCUT2D eigenvalue weighted by Crippen LogP contribution is 2.11. The third-order valence-corrected chi connectivity index (χ3v) is 2.01. The summed E-state index contributed by atoms with van der Waals surface area (Å²) in [6, 6.07) is -0.0537. The Kier molecular flexibility index (Phi) is 3.98. The van der Waals surface area contributed by atoms with Crippen molar-refractivity contribution in [3.05, 3.63) is 0 Å². The monoisotopic (exact) mass is 188 g/mol. The first-order valence-corrected chi connectivity index (χ1v) is 4.47. The highest BCUT2D eigenvalue weighted by Gasteiger charge is 2.30. The van der Waals surface area contributed by atoms with E-state index in [9.17, 15) is 4.79 Å². The molecule has 0 aromatic carbocycles. The van der Waals surface area contributed by atoms with Crippen LogP contribution in [0.15, 0.2) is 0 Å². The largest absolute Gasteiger partial charge is 0.396 e. The molecule has 1 heterocycles. The van der Waals surface area contributed by atoms with E-state index in [2.05, 4.69) is 5.32 Å². The van der Waals surface area contributed by atoms with E-state index in [0.717, 1.165) is 0 Å². The first-order chi connectivity index (χ1) is 6.27. The average molecular weight is 188 g/mol. The quantitative estimate of drug-likeness (QED) is 0.580. The smallest absolute Gasteiger partial charge is 0.317 e. The molecule has 0 unspecified atom stereocenters. The highest BCUT2D eigenvalue weighted by atomic mass is 16.5. The predicted molar refractivity (Wildman–Crippen MR) is 47.5 cm³/mol. The molecular formula is C8H16N2O3. The molecule has 0 radical (unpaired) electrons. The Balaban J connectivity index is 2.01. The molecule has 0 atom stereocenters. The van der Waals surface area contributed by atoms with Crippen LogP contribution in [0.3, 0.4) is 0 Å². The molecule has 13 heavy (non-hydrogen) atoms. The molecule has 5 nitrogen and oxygen atoms in total. The number of nitrogens with one attached hydrogen (secondary N) is 1. The predicted octanol–water partition coefficient (Wildman–Crippen LogP) is -0.591. The maximum absolute atomic E-state index is 11.0. The van der Waals surface area contributed by atoms with Crippen LogP contribution in [-0.4, -0.2) is 55.5 Å². The van der Waals surface area contributed by atoms with Crippen molar-refractivity contribution in [2.45, 2.75) is 12.5 Å². The number of urea groups is 1. The Labute approximate surface area is 77.7 Å². The first kappa shape index (κ1) is 10.3. The van der Waals surface area contributed by atoms with Gasteiger partial charge in [0.05, 0.1) is 19.2 Å². The first-order valence-electron chi connectivity index (χ1n) is 4.47. The third-order valence-electron chi connectivity index (χ3n) is 2.01. The minimum absolute atomic E-state index is 0.0537. The summed E-state index contributed by atoms with van der Waals surface area (Å²) < 4.78 is 5.36. The van der Waals surface area contributed by atoms with Gasteiger partial charge in [0, 0.05) is 20.3 Å². The van der Waals surface area contributed by atoms with Gasteiger partial charge in [-0.25, -0.2) is 4.79 Å². The van der Waals surface area contributed by atoms with E-state index in [0.29, 0.717) is 26.1 Å². The summed E-state index contributed by atoms with van der Waals surface area (Å²) in [7, 11) is 1.61. The topological polar surface area (TPSA) is 61.8 Å². The third kappa shape index (κ3) is 2.86. The van der Waals surface area contributed by atoms with E-state index in [1.54, 1.807) is 11.9 Å². The number of amides is 2. The second kappa shape index (κ2) is 5.04. The summed E-state index contributed by atoms with van der Waals surface area (Å²) in [4.78, 5) is 12.7. The lowest BCUT2D eigenvalue weighted by molar-refractivity contribution is -0.0386. The number of aliphatic hydroxyl groups excluding tert-OH is 1. The molecular weight excluding hydrogens is 172 g/mol. The van der Waals surface area contributed by atoms with Gasteiger partial charge in [-0.1, -0.05) is 0 Å². The number of carbonyl (C=O) groups is 1. The maximum atomic E-state index is 11.0. The van der Waals surface area contributed by atoms with Gasteiger partial charge in [0.15, 0.2) is 0 Å². The SMILES string of the molecule is CNC(=O)N1CC(OCCCO)C1. The molecule has 5 heteroatoms. The molecule has 1 fully saturated rings. The molecule has 76 valence electrons. The molecule has 1 rings (SSSR count). The zero-order chi connectivity index (χ0) is 9.68. The molecule has 1 aliphatic rings. The van der Waals surface area contributed by atoms with Crippen molar-refractivity contribution in [3.63, 3.8) is 0 Å². The number of likely N-dealkylation sites (tertiary alicyclic amines) is 1. The van der Waals surface area contributed by atoms with Crippen LogP contribution < -0.4 is 5.32 Å². The van der Waals surface area contributed by atoms with E-state index >= 15 is 0 Å². The van der Waals surface area contributed by atoms with Crippen LogP contribution in [0, 0.1) is 0 Å². The van der Waals surface area contributed by atoms with Crippen LogP contribution in [0.25, 0.3) is 0 Å². The molecule has 0 saturated carbocycles. The standard InChI is InChI=1S/C8H16N2O3/c1-9-8(12)10-5-7(6-10)13-4-2-3-11/h7,11H,2-6H2,1H3,(H,9,12). The van der Waals surface area contributed by atoms with Crippen molar-refractivity contribution in [1.29, 1.82) is 0 Å². The minimum Gasteiger partial charge on any atom is -0.396 e. The van der Waals surface area contributed by atoms with Crippen molar-refractivity contribution in [2.24, 2.45) is 0 Å². The van der Waals surface area contributed by atoms with Crippen molar-refractivity contribution in [3.8, 4) is 0 Å². The Bertz CT molecular complexity index is 169. The van der Waals surface area contributed by atoms with Crippen LogP contribution in [0.4, 0.5) is 4.79 Å². The van der Waals surface area contributed by atoms with Crippen molar-refractivity contribution in [1.82, 2.24) is 10.2 Å². The fourth-order valence-electron chi connectivity index (χ4n) is 1.18. The second-order valence-electron chi connectivity index (χ2n) is 3.03. The molecule has 0 aromatic rings. The van der Waals surface area contributed by atoms with E-state index in [1.807, 2.05) is 0 Å². The Morgan fingerprint density at radius 2 is 2.38 bits per heavy atom. The summed E-state index contributed by atoms with van der Waals surface area (Å²) in [6.07, 6.45) is 0.820. The van der Waals surface area contributed by atoms with Gasteiger partial charge in [-0.3, -0.25) is 0 Å². The molecule has 0 bridgehead atoms. The molecule has 1 aliphatic heterocycles. The van der Waals surface area contributed by atoms with Gasteiger partial charge in [0.25, 0.3) is 0 Å². The van der Waals surface area contributed by atoms with Gasteiger partial charge >= 0.3 is 6.03 Å².